The average Bonchev–Trinajstić information content (AvgIpc) is 2.93. The third kappa shape index (κ3) is 1.49. The van der Waals surface area contributed by atoms with Crippen molar-refractivity contribution in [3.05, 3.63) is 34.5 Å². The molecule has 1 aromatic heterocycles. The van der Waals surface area contributed by atoms with Gasteiger partial charge in [-0.1, -0.05) is 6.92 Å². The maximum Gasteiger partial charge on any atom is 0.347 e. The van der Waals surface area contributed by atoms with Crippen LogP contribution in [0.4, 0.5) is 0 Å². The SMILES string of the molecule is CCc1n[nH]c(=O)n1-c1ccc2c(c1)OCO2. The van der Waals surface area contributed by atoms with Crippen molar-refractivity contribution in [2.45, 2.75) is 13.3 Å². The van der Waals surface area contributed by atoms with Crippen molar-refractivity contribution in [2.24, 2.45) is 0 Å². The summed E-state index contributed by atoms with van der Waals surface area (Å²) < 4.78 is 12.0. The second kappa shape index (κ2) is 3.65. The maximum atomic E-state index is 11.7. The van der Waals surface area contributed by atoms with E-state index in [4.69, 9.17) is 9.47 Å². The van der Waals surface area contributed by atoms with Crippen molar-refractivity contribution < 1.29 is 9.47 Å². The number of hydrogen-bond acceptors (Lipinski definition) is 4. The molecule has 2 aromatic rings. The second-order valence-electron chi connectivity index (χ2n) is 3.67. The predicted octanol–water partition coefficient (Wildman–Crippen LogP) is 0.852. The smallest absolute Gasteiger partial charge is 0.347 e. The lowest BCUT2D eigenvalue weighted by atomic mass is 10.2. The number of ether oxygens (including phenoxy) is 2. The number of nitrogens with zero attached hydrogens (tertiary/aromatic N) is 2. The first-order valence-corrected chi connectivity index (χ1v) is 5.36. The summed E-state index contributed by atoms with van der Waals surface area (Å²) in [7, 11) is 0. The van der Waals surface area contributed by atoms with Crippen LogP contribution in [0.3, 0.4) is 0 Å². The van der Waals surface area contributed by atoms with Gasteiger partial charge in [-0.25, -0.2) is 14.5 Å². The van der Waals surface area contributed by atoms with Gasteiger partial charge in [0.25, 0.3) is 0 Å². The predicted molar refractivity (Wildman–Crippen MR) is 59.7 cm³/mol. The Morgan fingerprint density at radius 3 is 3.06 bits per heavy atom. The van der Waals surface area contributed by atoms with Gasteiger partial charge >= 0.3 is 5.69 Å². The van der Waals surface area contributed by atoms with Gasteiger partial charge in [-0.2, -0.15) is 5.10 Å². The van der Waals surface area contributed by atoms with Gasteiger partial charge in [0.15, 0.2) is 11.5 Å². The first-order valence-electron chi connectivity index (χ1n) is 5.36. The van der Waals surface area contributed by atoms with Crippen LogP contribution in [0.2, 0.25) is 0 Å². The minimum atomic E-state index is -0.249. The number of nitrogens with one attached hydrogen (secondary N) is 1. The zero-order valence-electron chi connectivity index (χ0n) is 9.27. The molecule has 17 heavy (non-hydrogen) atoms. The number of rotatable bonds is 2. The van der Waals surface area contributed by atoms with E-state index in [-0.39, 0.29) is 12.5 Å². The fourth-order valence-corrected chi connectivity index (χ4v) is 1.86. The quantitative estimate of drug-likeness (QED) is 0.835. The van der Waals surface area contributed by atoms with E-state index in [0.717, 1.165) is 5.69 Å². The van der Waals surface area contributed by atoms with E-state index in [1.54, 1.807) is 12.1 Å². The maximum absolute atomic E-state index is 11.7. The van der Waals surface area contributed by atoms with E-state index in [2.05, 4.69) is 10.2 Å². The van der Waals surface area contributed by atoms with Gasteiger partial charge < -0.3 is 9.47 Å². The minimum Gasteiger partial charge on any atom is -0.454 e. The highest BCUT2D eigenvalue weighted by molar-refractivity contribution is 5.50. The molecule has 6 heteroatoms. The number of hydrogen-bond donors (Lipinski definition) is 1. The van der Waals surface area contributed by atoms with E-state index in [1.165, 1.54) is 4.57 Å². The molecule has 0 atom stereocenters. The van der Waals surface area contributed by atoms with Gasteiger partial charge in [-0.05, 0) is 12.1 Å². The van der Waals surface area contributed by atoms with Crippen LogP contribution >= 0.6 is 0 Å². The highest BCUT2D eigenvalue weighted by Gasteiger charge is 2.16. The van der Waals surface area contributed by atoms with Gasteiger partial charge in [-0.3, -0.25) is 0 Å². The third-order valence-electron chi connectivity index (χ3n) is 2.67. The molecule has 0 aliphatic carbocycles. The standard InChI is InChI=1S/C11H11N3O3/c1-2-10-12-13-11(15)14(10)7-3-4-8-9(5-7)17-6-16-8/h3-5H,2,6H2,1H3,(H,13,15). The highest BCUT2D eigenvalue weighted by Crippen LogP contribution is 2.33. The molecule has 0 bridgehead atoms. The molecule has 1 aliphatic heterocycles. The van der Waals surface area contributed by atoms with E-state index >= 15 is 0 Å². The fraction of sp³-hybridized carbons (Fsp3) is 0.273. The Labute approximate surface area is 96.8 Å². The van der Waals surface area contributed by atoms with Crippen molar-refractivity contribution >= 4 is 0 Å². The molecule has 1 N–H and O–H groups in total. The second-order valence-corrected chi connectivity index (χ2v) is 3.67. The van der Waals surface area contributed by atoms with Gasteiger partial charge in [-0.15, -0.1) is 0 Å². The molecule has 88 valence electrons. The number of aromatic nitrogens is 3. The molecule has 0 spiro atoms. The Bertz CT molecular complexity index is 615. The summed E-state index contributed by atoms with van der Waals surface area (Å²) in [4.78, 5) is 11.7. The van der Waals surface area contributed by atoms with Crippen LogP contribution in [0, 0.1) is 0 Å². The number of fused-ring (bicyclic) bond motifs is 1. The van der Waals surface area contributed by atoms with Crippen LogP contribution in [0.25, 0.3) is 5.69 Å². The zero-order valence-corrected chi connectivity index (χ0v) is 9.27. The Kier molecular flexibility index (Phi) is 2.14. The third-order valence-corrected chi connectivity index (χ3v) is 2.67. The molecular formula is C11H11N3O3. The summed E-state index contributed by atoms with van der Waals surface area (Å²) in [6.45, 7) is 2.17. The molecule has 0 saturated carbocycles. The van der Waals surface area contributed by atoms with Crippen LogP contribution in [0.5, 0.6) is 11.5 Å². The molecule has 3 rings (SSSR count). The first kappa shape index (κ1) is 9.95. The van der Waals surface area contributed by atoms with Gasteiger partial charge in [0.1, 0.15) is 5.82 Å². The summed E-state index contributed by atoms with van der Waals surface area (Å²) in [6, 6.07) is 5.37. The fourth-order valence-electron chi connectivity index (χ4n) is 1.86. The van der Waals surface area contributed by atoms with Crippen LogP contribution in [0.15, 0.2) is 23.0 Å². The van der Waals surface area contributed by atoms with Crippen molar-refractivity contribution in [1.29, 1.82) is 0 Å². The Balaban J connectivity index is 2.15. The van der Waals surface area contributed by atoms with E-state index < -0.39 is 0 Å². The zero-order chi connectivity index (χ0) is 11.8. The molecule has 0 unspecified atom stereocenters. The van der Waals surface area contributed by atoms with Crippen molar-refractivity contribution in [1.82, 2.24) is 14.8 Å². The highest BCUT2D eigenvalue weighted by atomic mass is 16.7. The average molecular weight is 233 g/mol. The summed E-state index contributed by atoms with van der Waals surface area (Å²) >= 11 is 0. The Morgan fingerprint density at radius 1 is 1.41 bits per heavy atom. The largest absolute Gasteiger partial charge is 0.454 e. The molecule has 0 amide bonds. The van der Waals surface area contributed by atoms with Gasteiger partial charge in [0, 0.05) is 12.5 Å². The summed E-state index contributed by atoms with van der Waals surface area (Å²) in [5.41, 5.74) is 0.477. The molecule has 6 nitrogen and oxygen atoms in total. The molecular weight excluding hydrogens is 222 g/mol. The monoisotopic (exact) mass is 233 g/mol. The topological polar surface area (TPSA) is 69.1 Å². The number of aryl methyl sites for hydroxylation is 1. The molecule has 0 radical (unpaired) electrons. The van der Waals surface area contributed by atoms with E-state index in [0.29, 0.717) is 23.7 Å². The van der Waals surface area contributed by atoms with E-state index in [1.807, 2.05) is 13.0 Å². The van der Waals surface area contributed by atoms with Crippen LogP contribution in [-0.4, -0.2) is 21.6 Å². The first-order chi connectivity index (χ1) is 8.29. The Hall–Kier alpha value is -2.24. The molecule has 0 fully saturated rings. The number of aromatic amines is 1. The van der Waals surface area contributed by atoms with Crippen LogP contribution in [-0.2, 0) is 6.42 Å². The number of H-pyrrole nitrogens is 1. The van der Waals surface area contributed by atoms with Crippen molar-refractivity contribution in [3.63, 3.8) is 0 Å². The Morgan fingerprint density at radius 2 is 2.24 bits per heavy atom. The van der Waals surface area contributed by atoms with Crippen molar-refractivity contribution in [3.8, 4) is 17.2 Å². The normalized spacial score (nSPS) is 13.0. The lowest BCUT2D eigenvalue weighted by Crippen LogP contribution is -2.16. The van der Waals surface area contributed by atoms with Gasteiger partial charge in [0.2, 0.25) is 6.79 Å². The molecule has 1 aromatic carbocycles. The summed E-state index contributed by atoms with van der Waals surface area (Å²) in [6.07, 6.45) is 0.674. The number of benzene rings is 1. The van der Waals surface area contributed by atoms with Gasteiger partial charge in [0.05, 0.1) is 5.69 Å². The van der Waals surface area contributed by atoms with Crippen molar-refractivity contribution in [2.75, 3.05) is 6.79 Å². The van der Waals surface area contributed by atoms with Crippen LogP contribution < -0.4 is 15.2 Å². The van der Waals surface area contributed by atoms with E-state index in [9.17, 15) is 4.79 Å². The summed E-state index contributed by atoms with van der Waals surface area (Å²) in [5.74, 6) is 2.04. The minimum absolute atomic E-state index is 0.222. The lowest BCUT2D eigenvalue weighted by molar-refractivity contribution is 0.174. The summed E-state index contributed by atoms with van der Waals surface area (Å²) in [5, 5.41) is 6.40. The molecule has 0 saturated heterocycles. The lowest BCUT2D eigenvalue weighted by Gasteiger charge is -2.04. The molecule has 2 heterocycles. The van der Waals surface area contributed by atoms with Crippen LogP contribution in [0.1, 0.15) is 12.7 Å². The molecule has 1 aliphatic rings.